The number of carbonyl (C=O) groups excluding carboxylic acids is 1. The number of hydrogen-bond donors (Lipinski definition) is 2. The predicted molar refractivity (Wildman–Crippen MR) is 79.4 cm³/mol. The van der Waals surface area contributed by atoms with Crippen LogP contribution < -0.4 is 11.1 Å². The number of anilines is 2. The molecular weight excluding hydrogens is 299 g/mol. The van der Waals surface area contributed by atoms with Gasteiger partial charge in [-0.25, -0.2) is 4.39 Å². The molecule has 20 heavy (non-hydrogen) atoms. The fraction of sp³-hybridized carbons (Fsp3) is 0.250. The van der Waals surface area contributed by atoms with Crippen LogP contribution in [-0.2, 0) is 4.79 Å². The molecule has 0 saturated carbocycles. The van der Waals surface area contributed by atoms with Gasteiger partial charge in [-0.2, -0.15) is 0 Å². The number of thioether (sulfide) groups is 1. The van der Waals surface area contributed by atoms with Crippen molar-refractivity contribution < 1.29 is 9.18 Å². The molecule has 0 aliphatic carbocycles. The lowest BCUT2D eigenvalue weighted by Gasteiger charge is -2.05. The van der Waals surface area contributed by atoms with Gasteiger partial charge in [0, 0.05) is 17.9 Å². The topological polar surface area (TPSA) is 80.9 Å². The number of nitrogens with two attached hydrogens (primary N) is 1. The van der Waals surface area contributed by atoms with Crippen LogP contribution in [0.4, 0.5) is 15.8 Å². The van der Waals surface area contributed by atoms with Gasteiger partial charge < -0.3 is 11.1 Å². The first-order valence-corrected chi connectivity index (χ1v) is 7.62. The number of carbonyl (C=O) groups is 1. The number of nitrogens with one attached hydrogen (secondary N) is 1. The van der Waals surface area contributed by atoms with E-state index in [2.05, 4.69) is 15.5 Å². The van der Waals surface area contributed by atoms with E-state index in [0.717, 1.165) is 9.35 Å². The molecule has 1 aromatic carbocycles. The maximum absolute atomic E-state index is 13.0. The molecule has 0 atom stereocenters. The number of nitrogen functional groups attached to an aromatic ring is 1. The van der Waals surface area contributed by atoms with Crippen LogP contribution in [0.5, 0.6) is 0 Å². The van der Waals surface area contributed by atoms with Crippen molar-refractivity contribution in [1.82, 2.24) is 10.2 Å². The highest BCUT2D eigenvalue weighted by Gasteiger charge is 2.07. The monoisotopic (exact) mass is 312 g/mol. The summed E-state index contributed by atoms with van der Waals surface area (Å²) in [4.78, 5) is 11.7. The second-order valence-electron chi connectivity index (χ2n) is 3.97. The highest BCUT2D eigenvalue weighted by atomic mass is 32.2. The van der Waals surface area contributed by atoms with Gasteiger partial charge in [0.25, 0.3) is 0 Å². The number of rotatable bonds is 5. The van der Waals surface area contributed by atoms with Gasteiger partial charge in [0.2, 0.25) is 5.91 Å². The molecule has 5 nitrogen and oxygen atoms in total. The van der Waals surface area contributed by atoms with E-state index >= 15 is 0 Å². The Morgan fingerprint density at radius 1 is 1.50 bits per heavy atom. The Morgan fingerprint density at radius 3 is 2.95 bits per heavy atom. The lowest BCUT2D eigenvalue weighted by Crippen LogP contribution is -2.12. The van der Waals surface area contributed by atoms with Crippen molar-refractivity contribution in [3.63, 3.8) is 0 Å². The third kappa shape index (κ3) is 4.17. The van der Waals surface area contributed by atoms with Crippen LogP contribution in [0.1, 0.15) is 11.4 Å². The van der Waals surface area contributed by atoms with Gasteiger partial charge in [-0.05, 0) is 25.1 Å². The Balaban J connectivity index is 1.79. The van der Waals surface area contributed by atoms with E-state index in [0.29, 0.717) is 17.9 Å². The molecule has 1 heterocycles. The molecule has 0 spiro atoms. The van der Waals surface area contributed by atoms with E-state index in [9.17, 15) is 9.18 Å². The van der Waals surface area contributed by atoms with Crippen molar-refractivity contribution in [1.29, 1.82) is 0 Å². The Hall–Kier alpha value is -1.67. The number of benzene rings is 1. The Kier molecular flexibility index (Phi) is 4.91. The molecule has 3 N–H and O–H groups in total. The minimum Gasteiger partial charge on any atom is -0.396 e. The number of aromatic nitrogens is 2. The first-order chi connectivity index (χ1) is 9.54. The second kappa shape index (κ2) is 6.67. The molecule has 0 aliphatic heterocycles. The van der Waals surface area contributed by atoms with Crippen LogP contribution in [-0.4, -0.2) is 21.9 Å². The molecule has 2 aromatic rings. The van der Waals surface area contributed by atoms with Crippen LogP contribution in [0.25, 0.3) is 0 Å². The van der Waals surface area contributed by atoms with E-state index in [4.69, 9.17) is 5.73 Å². The van der Waals surface area contributed by atoms with Crippen molar-refractivity contribution in [2.24, 2.45) is 0 Å². The maximum atomic E-state index is 13.0. The number of nitrogens with zero attached hydrogens (tertiary/aromatic N) is 2. The summed E-state index contributed by atoms with van der Waals surface area (Å²) >= 11 is 2.98. The summed E-state index contributed by atoms with van der Waals surface area (Å²) in [5.41, 5.74) is 5.94. The van der Waals surface area contributed by atoms with Crippen molar-refractivity contribution in [3.05, 3.63) is 29.0 Å². The van der Waals surface area contributed by atoms with Crippen LogP contribution in [0.2, 0.25) is 0 Å². The van der Waals surface area contributed by atoms with Crippen molar-refractivity contribution in [2.75, 3.05) is 16.8 Å². The zero-order valence-electron chi connectivity index (χ0n) is 10.7. The highest BCUT2D eigenvalue weighted by Crippen LogP contribution is 2.22. The van der Waals surface area contributed by atoms with Crippen molar-refractivity contribution in [3.8, 4) is 0 Å². The molecule has 0 unspecified atom stereocenters. The van der Waals surface area contributed by atoms with E-state index < -0.39 is 5.82 Å². The fourth-order valence-corrected chi connectivity index (χ4v) is 3.24. The van der Waals surface area contributed by atoms with Crippen LogP contribution in [0.3, 0.4) is 0 Å². The molecule has 1 aromatic heterocycles. The summed E-state index contributed by atoms with van der Waals surface area (Å²) in [6, 6.07) is 4.10. The van der Waals surface area contributed by atoms with E-state index in [1.807, 2.05) is 6.92 Å². The molecule has 0 radical (unpaired) electrons. The van der Waals surface area contributed by atoms with Gasteiger partial charge in [-0.3, -0.25) is 4.79 Å². The number of amides is 1. The minimum absolute atomic E-state index is 0.0153. The van der Waals surface area contributed by atoms with Gasteiger partial charge in [0.05, 0.1) is 5.69 Å². The zero-order chi connectivity index (χ0) is 14.5. The Labute approximate surface area is 123 Å². The quantitative estimate of drug-likeness (QED) is 0.655. The third-order valence-electron chi connectivity index (χ3n) is 2.34. The highest BCUT2D eigenvalue weighted by molar-refractivity contribution is 8.01. The Morgan fingerprint density at radius 2 is 2.30 bits per heavy atom. The van der Waals surface area contributed by atoms with Gasteiger partial charge in [0.15, 0.2) is 4.34 Å². The first kappa shape index (κ1) is 14.7. The van der Waals surface area contributed by atoms with E-state index in [1.165, 1.54) is 41.3 Å². The largest absolute Gasteiger partial charge is 0.396 e. The molecule has 0 bridgehead atoms. The molecule has 0 aliphatic rings. The molecule has 8 heteroatoms. The molecule has 2 rings (SSSR count). The molecule has 106 valence electrons. The van der Waals surface area contributed by atoms with Crippen LogP contribution >= 0.6 is 23.1 Å². The minimum atomic E-state index is -0.495. The molecule has 1 amide bonds. The van der Waals surface area contributed by atoms with Gasteiger partial charge in [0.1, 0.15) is 10.8 Å². The fourth-order valence-electron chi connectivity index (χ4n) is 1.41. The smallest absolute Gasteiger partial charge is 0.225 e. The summed E-state index contributed by atoms with van der Waals surface area (Å²) in [6.07, 6.45) is 0.334. The average molecular weight is 312 g/mol. The number of aryl methyl sites for hydroxylation is 1. The summed E-state index contributed by atoms with van der Waals surface area (Å²) < 4.78 is 13.8. The molecular formula is C12H13FN4OS2. The predicted octanol–water partition coefficient (Wildman–Crippen LogP) is 2.69. The second-order valence-corrected chi connectivity index (χ2v) is 6.49. The van der Waals surface area contributed by atoms with Crippen molar-refractivity contribution in [2.45, 2.75) is 17.7 Å². The summed E-state index contributed by atoms with van der Waals surface area (Å²) in [5.74, 6) is -0.0353. The Bertz CT molecular complexity index is 617. The number of hydrogen-bond acceptors (Lipinski definition) is 6. The van der Waals surface area contributed by atoms with Gasteiger partial charge >= 0.3 is 0 Å². The third-order valence-corrected chi connectivity index (χ3v) is 4.32. The zero-order valence-corrected chi connectivity index (χ0v) is 12.4. The van der Waals surface area contributed by atoms with Crippen LogP contribution in [0, 0.1) is 12.7 Å². The summed E-state index contributed by atoms with van der Waals surface area (Å²) in [5, 5.41) is 11.4. The normalized spacial score (nSPS) is 10.5. The van der Waals surface area contributed by atoms with E-state index in [1.54, 1.807) is 0 Å². The van der Waals surface area contributed by atoms with Gasteiger partial charge in [-0.1, -0.05) is 23.1 Å². The standard InChI is InChI=1S/C12H13FN4OS2/c1-7-16-17-12(20-7)19-5-4-11(18)15-8-2-3-9(13)10(14)6-8/h2-3,6H,4-5,14H2,1H3,(H,15,18). The lowest BCUT2D eigenvalue weighted by atomic mass is 10.2. The van der Waals surface area contributed by atoms with E-state index in [-0.39, 0.29) is 11.6 Å². The average Bonchev–Trinajstić information content (AvgIpc) is 2.80. The molecule has 0 fully saturated rings. The van der Waals surface area contributed by atoms with Gasteiger partial charge in [-0.15, -0.1) is 10.2 Å². The summed E-state index contributed by atoms with van der Waals surface area (Å²) in [6.45, 7) is 1.88. The SMILES string of the molecule is Cc1nnc(SCCC(=O)Nc2ccc(F)c(N)c2)s1. The first-order valence-electron chi connectivity index (χ1n) is 5.82. The lowest BCUT2D eigenvalue weighted by molar-refractivity contribution is -0.115. The number of halogens is 1. The summed E-state index contributed by atoms with van der Waals surface area (Å²) in [7, 11) is 0. The maximum Gasteiger partial charge on any atom is 0.225 e. The molecule has 0 saturated heterocycles. The van der Waals surface area contributed by atoms with Crippen LogP contribution in [0.15, 0.2) is 22.5 Å². The van der Waals surface area contributed by atoms with Crippen molar-refractivity contribution >= 4 is 40.4 Å².